The van der Waals surface area contributed by atoms with E-state index in [0.717, 1.165) is 30.6 Å². The van der Waals surface area contributed by atoms with Crippen molar-refractivity contribution in [2.24, 2.45) is 23.7 Å². The third-order valence-electron chi connectivity index (χ3n) is 7.24. The van der Waals surface area contributed by atoms with E-state index in [4.69, 9.17) is 0 Å². The first kappa shape index (κ1) is 20.2. The zero-order valence-corrected chi connectivity index (χ0v) is 16.2. The van der Waals surface area contributed by atoms with Gasteiger partial charge in [-0.25, -0.2) is 0 Å². The standard InChI is InChI=1S/C22H35F3O/c1-2-3-16-4-6-17(7-5-16)18-8-10-19(11-9-18)20-12-14-21(15-13-20)26-22(23,24)25/h10,16-18,20-21H,2-9,11-15H2,1H3. The number of hydrogen-bond donors (Lipinski definition) is 0. The maximum Gasteiger partial charge on any atom is 0.522 e. The maximum atomic E-state index is 12.3. The molecule has 0 aliphatic heterocycles. The van der Waals surface area contributed by atoms with Crippen LogP contribution in [0.4, 0.5) is 13.2 Å². The van der Waals surface area contributed by atoms with Crippen molar-refractivity contribution in [1.82, 2.24) is 0 Å². The molecular weight excluding hydrogens is 337 g/mol. The Morgan fingerprint density at radius 2 is 1.62 bits per heavy atom. The summed E-state index contributed by atoms with van der Waals surface area (Å²) >= 11 is 0. The number of halogens is 3. The molecule has 26 heavy (non-hydrogen) atoms. The van der Waals surface area contributed by atoms with Crippen molar-refractivity contribution in [3.05, 3.63) is 11.6 Å². The van der Waals surface area contributed by atoms with Gasteiger partial charge in [0.1, 0.15) is 0 Å². The SMILES string of the molecule is CCCC1CCC(C2CC=C(C3CCC(OC(F)(F)F)CC3)CC2)CC1. The first-order valence-corrected chi connectivity index (χ1v) is 10.9. The van der Waals surface area contributed by atoms with E-state index >= 15 is 0 Å². The van der Waals surface area contributed by atoms with Gasteiger partial charge in [-0.15, -0.1) is 13.2 Å². The van der Waals surface area contributed by atoms with Crippen molar-refractivity contribution in [2.75, 3.05) is 0 Å². The Morgan fingerprint density at radius 3 is 2.15 bits per heavy atom. The van der Waals surface area contributed by atoms with Gasteiger partial charge >= 0.3 is 6.36 Å². The molecule has 1 unspecified atom stereocenters. The minimum atomic E-state index is -4.48. The van der Waals surface area contributed by atoms with E-state index < -0.39 is 12.5 Å². The van der Waals surface area contributed by atoms with Crippen molar-refractivity contribution in [1.29, 1.82) is 0 Å². The average molecular weight is 373 g/mol. The van der Waals surface area contributed by atoms with Crippen LogP contribution < -0.4 is 0 Å². The monoisotopic (exact) mass is 372 g/mol. The predicted molar refractivity (Wildman–Crippen MR) is 98.7 cm³/mol. The van der Waals surface area contributed by atoms with Gasteiger partial charge < -0.3 is 0 Å². The molecule has 1 nitrogen and oxygen atoms in total. The third-order valence-corrected chi connectivity index (χ3v) is 7.24. The van der Waals surface area contributed by atoms with Crippen LogP contribution in [-0.4, -0.2) is 12.5 Å². The normalized spacial score (nSPS) is 36.6. The van der Waals surface area contributed by atoms with E-state index in [0.29, 0.717) is 18.8 Å². The van der Waals surface area contributed by atoms with Crippen LogP contribution in [0.25, 0.3) is 0 Å². The van der Waals surface area contributed by atoms with Crippen molar-refractivity contribution in [3.63, 3.8) is 0 Å². The average Bonchev–Trinajstić information content (AvgIpc) is 2.62. The molecular formula is C22H35F3O. The first-order chi connectivity index (χ1) is 12.4. The quantitative estimate of drug-likeness (QED) is 0.456. The lowest BCUT2D eigenvalue weighted by molar-refractivity contribution is -0.345. The predicted octanol–water partition coefficient (Wildman–Crippen LogP) is 7.41. The molecule has 0 heterocycles. The molecule has 0 bridgehead atoms. The molecule has 2 saturated carbocycles. The van der Waals surface area contributed by atoms with Gasteiger partial charge in [0.2, 0.25) is 0 Å². The summed E-state index contributed by atoms with van der Waals surface area (Å²) in [6, 6.07) is 0. The Hall–Kier alpha value is -0.510. The van der Waals surface area contributed by atoms with E-state index in [1.807, 2.05) is 0 Å². The summed E-state index contributed by atoms with van der Waals surface area (Å²) in [6.07, 6.45) is 12.3. The molecule has 0 N–H and O–H groups in total. The number of hydrogen-bond acceptors (Lipinski definition) is 1. The highest BCUT2D eigenvalue weighted by atomic mass is 19.4. The summed E-state index contributed by atoms with van der Waals surface area (Å²) in [6.45, 7) is 2.29. The number of ether oxygens (including phenoxy) is 1. The summed E-state index contributed by atoms with van der Waals surface area (Å²) < 4.78 is 41.3. The fourth-order valence-corrected chi connectivity index (χ4v) is 5.77. The Morgan fingerprint density at radius 1 is 0.923 bits per heavy atom. The van der Waals surface area contributed by atoms with Crippen molar-refractivity contribution < 1.29 is 17.9 Å². The topological polar surface area (TPSA) is 9.23 Å². The van der Waals surface area contributed by atoms with Gasteiger partial charge in [0.05, 0.1) is 6.10 Å². The van der Waals surface area contributed by atoms with Crippen LogP contribution in [0.5, 0.6) is 0 Å². The van der Waals surface area contributed by atoms with Crippen molar-refractivity contribution >= 4 is 0 Å². The molecule has 0 amide bonds. The second-order valence-electron chi connectivity index (χ2n) is 8.92. The molecule has 0 saturated heterocycles. The molecule has 0 radical (unpaired) electrons. The second kappa shape index (κ2) is 9.12. The fourth-order valence-electron chi connectivity index (χ4n) is 5.77. The second-order valence-corrected chi connectivity index (χ2v) is 8.92. The van der Waals surface area contributed by atoms with Crippen LogP contribution in [0.2, 0.25) is 0 Å². The lowest BCUT2D eigenvalue weighted by Crippen LogP contribution is -2.29. The Bertz CT molecular complexity index is 454. The van der Waals surface area contributed by atoms with E-state index in [1.165, 1.54) is 63.4 Å². The molecule has 1 atom stereocenters. The van der Waals surface area contributed by atoms with Gasteiger partial charge in [0, 0.05) is 0 Å². The lowest BCUT2D eigenvalue weighted by atomic mass is 9.69. The summed E-state index contributed by atoms with van der Waals surface area (Å²) in [5, 5.41) is 0. The largest absolute Gasteiger partial charge is 0.522 e. The van der Waals surface area contributed by atoms with Gasteiger partial charge in [-0.05, 0) is 81.5 Å². The van der Waals surface area contributed by atoms with Crippen molar-refractivity contribution in [3.8, 4) is 0 Å². The molecule has 3 rings (SSSR count). The first-order valence-electron chi connectivity index (χ1n) is 10.9. The molecule has 150 valence electrons. The van der Waals surface area contributed by atoms with Crippen LogP contribution in [0.15, 0.2) is 11.6 Å². The highest BCUT2D eigenvalue weighted by molar-refractivity contribution is 5.12. The minimum absolute atomic E-state index is 0.504. The van der Waals surface area contributed by atoms with Crippen LogP contribution in [0, 0.1) is 23.7 Å². The van der Waals surface area contributed by atoms with Gasteiger partial charge in [-0.3, -0.25) is 4.74 Å². The van der Waals surface area contributed by atoms with E-state index in [2.05, 4.69) is 17.7 Å². The molecule has 0 aromatic rings. The van der Waals surface area contributed by atoms with Gasteiger partial charge in [0.15, 0.2) is 0 Å². The van der Waals surface area contributed by atoms with Gasteiger partial charge in [-0.1, -0.05) is 44.3 Å². The third kappa shape index (κ3) is 5.74. The number of rotatable bonds is 5. The highest BCUT2D eigenvalue weighted by Gasteiger charge is 2.36. The summed E-state index contributed by atoms with van der Waals surface area (Å²) in [5.41, 5.74) is 1.53. The highest BCUT2D eigenvalue weighted by Crippen LogP contribution is 2.43. The molecule has 0 spiro atoms. The molecule has 0 aromatic carbocycles. The van der Waals surface area contributed by atoms with Crippen LogP contribution in [0.1, 0.15) is 90.4 Å². The zero-order valence-electron chi connectivity index (χ0n) is 16.2. The fraction of sp³-hybridized carbons (Fsp3) is 0.909. The van der Waals surface area contributed by atoms with Gasteiger partial charge in [-0.2, -0.15) is 0 Å². The van der Waals surface area contributed by atoms with Crippen LogP contribution in [0.3, 0.4) is 0 Å². The van der Waals surface area contributed by atoms with E-state index in [-0.39, 0.29) is 0 Å². The van der Waals surface area contributed by atoms with Crippen molar-refractivity contribution in [2.45, 2.75) is 103 Å². The molecule has 3 aliphatic rings. The number of alkyl halides is 3. The summed E-state index contributed by atoms with van der Waals surface area (Å²) in [7, 11) is 0. The minimum Gasteiger partial charge on any atom is -0.289 e. The van der Waals surface area contributed by atoms with Crippen LogP contribution >= 0.6 is 0 Å². The Labute approximate surface area is 156 Å². The molecule has 4 heteroatoms. The lowest BCUT2D eigenvalue weighted by Gasteiger charge is -2.37. The Balaban J connectivity index is 1.41. The smallest absolute Gasteiger partial charge is 0.289 e. The molecule has 2 fully saturated rings. The Kier molecular flexibility index (Phi) is 7.10. The van der Waals surface area contributed by atoms with Gasteiger partial charge in [0.25, 0.3) is 0 Å². The molecule has 3 aliphatic carbocycles. The van der Waals surface area contributed by atoms with Crippen LogP contribution in [-0.2, 0) is 4.74 Å². The molecule has 0 aromatic heterocycles. The maximum absolute atomic E-state index is 12.3. The van der Waals surface area contributed by atoms with E-state index in [9.17, 15) is 13.2 Å². The summed E-state index contributed by atoms with van der Waals surface area (Å²) in [5.74, 6) is 3.24. The number of allylic oxidation sites excluding steroid dienone is 2. The zero-order chi connectivity index (χ0) is 18.6. The summed E-state index contributed by atoms with van der Waals surface area (Å²) in [4.78, 5) is 0. The van der Waals surface area contributed by atoms with E-state index in [1.54, 1.807) is 0 Å².